The van der Waals surface area contributed by atoms with Crippen molar-refractivity contribution in [2.75, 3.05) is 13.1 Å². The van der Waals surface area contributed by atoms with Gasteiger partial charge in [0.1, 0.15) is 0 Å². The summed E-state index contributed by atoms with van der Waals surface area (Å²) in [4.78, 5) is 2.87. The summed E-state index contributed by atoms with van der Waals surface area (Å²) in [5.74, 6) is 0.557. The van der Waals surface area contributed by atoms with E-state index in [9.17, 15) is 0 Å². The van der Waals surface area contributed by atoms with Crippen LogP contribution < -0.4 is 5.32 Å². The highest BCUT2D eigenvalue weighted by Gasteiger charge is 2.24. The molecular formula is C20H25NS. The molecule has 0 unspecified atom stereocenters. The molecule has 0 radical (unpaired) electrons. The number of hydrogen-bond acceptors (Lipinski definition) is 2. The van der Waals surface area contributed by atoms with Gasteiger partial charge in [-0.3, -0.25) is 0 Å². The van der Waals surface area contributed by atoms with Crippen LogP contribution in [0.4, 0.5) is 0 Å². The smallest absolute Gasteiger partial charge is 0.0160 e. The first-order valence-electron chi connectivity index (χ1n) is 8.46. The van der Waals surface area contributed by atoms with Crippen LogP contribution in [0.15, 0.2) is 58.3 Å². The Bertz CT molecular complexity index is 563. The van der Waals surface area contributed by atoms with Crippen LogP contribution in [0.3, 0.4) is 0 Å². The molecule has 1 nitrogen and oxygen atoms in total. The number of benzene rings is 2. The van der Waals surface area contributed by atoms with Gasteiger partial charge in [-0.05, 0) is 55.6 Å². The van der Waals surface area contributed by atoms with Crippen LogP contribution in [0.25, 0.3) is 0 Å². The molecule has 0 spiro atoms. The van der Waals surface area contributed by atoms with Gasteiger partial charge in [-0.25, -0.2) is 0 Å². The number of fused-ring (bicyclic) bond motifs is 2. The first kappa shape index (κ1) is 15.6. The zero-order valence-corrected chi connectivity index (χ0v) is 14.2. The number of rotatable bonds is 7. The van der Waals surface area contributed by atoms with Crippen LogP contribution in [0.2, 0.25) is 0 Å². The van der Waals surface area contributed by atoms with Crippen molar-refractivity contribution >= 4 is 11.8 Å². The Hall–Kier alpha value is -1.25. The van der Waals surface area contributed by atoms with Crippen molar-refractivity contribution in [3.8, 4) is 0 Å². The Labute approximate surface area is 138 Å². The van der Waals surface area contributed by atoms with Crippen LogP contribution in [0, 0.1) is 0 Å². The maximum Gasteiger partial charge on any atom is 0.0160 e. The van der Waals surface area contributed by atoms with E-state index in [1.54, 1.807) is 0 Å². The number of nitrogens with one attached hydrogen (secondary N) is 1. The normalized spacial score (nSPS) is 13.7. The Morgan fingerprint density at radius 2 is 1.45 bits per heavy atom. The van der Waals surface area contributed by atoms with Gasteiger partial charge in [-0.15, -0.1) is 0 Å². The lowest BCUT2D eigenvalue weighted by Crippen LogP contribution is -2.18. The molecule has 0 fully saturated rings. The second kappa shape index (κ2) is 7.85. The Morgan fingerprint density at radius 3 is 2.09 bits per heavy atom. The van der Waals surface area contributed by atoms with E-state index in [-0.39, 0.29) is 0 Å². The molecule has 0 aliphatic carbocycles. The Morgan fingerprint density at radius 1 is 0.864 bits per heavy atom. The Kier molecular flexibility index (Phi) is 5.58. The fraction of sp³-hybridized carbons (Fsp3) is 0.400. The number of hydrogen-bond donors (Lipinski definition) is 1. The van der Waals surface area contributed by atoms with Crippen LogP contribution in [0.5, 0.6) is 0 Å². The maximum absolute atomic E-state index is 3.57. The topological polar surface area (TPSA) is 12.0 Å². The highest BCUT2D eigenvalue weighted by atomic mass is 32.2. The van der Waals surface area contributed by atoms with Crippen molar-refractivity contribution in [1.82, 2.24) is 5.32 Å². The fourth-order valence-electron chi connectivity index (χ4n) is 3.18. The van der Waals surface area contributed by atoms with E-state index in [0.717, 1.165) is 13.1 Å². The summed E-state index contributed by atoms with van der Waals surface area (Å²) in [7, 11) is 0. The van der Waals surface area contributed by atoms with Crippen LogP contribution in [-0.2, 0) is 0 Å². The summed E-state index contributed by atoms with van der Waals surface area (Å²) in [6, 6.07) is 17.8. The van der Waals surface area contributed by atoms with E-state index in [1.807, 2.05) is 11.8 Å². The average Bonchev–Trinajstić information content (AvgIpc) is 2.57. The van der Waals surface area contributed by atoms with E-state index in [2.05, 4.69) is 60.8 Å². The molecule has 1 heterocycles. The molecule has 2 heteroatoms. The van der Waals surface area contributed by atoms with Gasteiger partial charge in [0.05, 0.1) is 0 Å². The highest BCUT2D eigenvalue weighted by molar-refractivity contribution is 7.99. The molecule has 22 heavy (non-hydrogen) atoms. The Balaban J connectivity index is 1.70. The molecule has 3 rings (SSSR count). The van der Waals surface area contributed by atoms with E-state index in [1.165, 1.54) is 46.6 Å². The van der Waals surface area contributed by atoms with Crippen LogP contribution in [-0.4, -0.2) is 13.1 Å². The van der Waals surface area contributed by atoms with Crippen molar-refractivity contribution in [1.29, 1.82) is 0 Å². The first-order chi connectivity index (χ1) is 10.9. The average molecular weight is 311 g/mol. The third kappa shape index (κ3) is 3.56. The molecule has 116 valence electrons. The summed E-state index contributed by atoms with van der Waals surface area (Å²) in [5.41, 5.74) is 3.03. The summed E-state index contributed by atoms with van der Waals surface area (Å²) in [6.45, 7) is 4.54. The SMILES string of the molecule is CCCCNCCCC1c2ccccc2Sc2ccccc21. The summed E-state index contributed by atoms with van der Waals surface area (Å²) >= 11 is 1.92. The van der Waals surface area contributed by atoms with Gasteiger partial charge in [0.2, 0.25) is 0 Å². The van der Waals surface area contributed by atoms with Crippen LogP contribution >= 0.6 is 11.8 Å². The lowest BCUT2D eigenvalue weighted by Gasteiger charge is -2.28. The van der Waals surface area contributed by atoms with Gasteiger partial charge in [-0.2, -0.15) is 0 Å². The largest absolute Gasteiger partial charge is 0.317 e. The van der Waals surface area contributed by atoms with Gasteiger partial charge >= 0.3 is 0 Å². The second-order valence-electron chi connectivity index (χ2n) is 5.98. The van der Waals surface area contributed by atoms with E-state index in [4.69, 9.17) is 0 Å². The minimum atomic E-state index is 0.557. The third-order valence-electron chi connectivity index (χ3n) is 4.36. The minimum absolute atomic E-state index is 0.557. The second-order valence-corrected chi connectivity index (χ2v) is 7.06. The molecule has 2 aromatic rings. The first-order valence-corrected chi connectivity index (χ1v) is 9.28. The van der Waals surface area contributed by atoms with E-state index in [0.29, 0.717) is 5.92 Å². The maximum atomic E-state index is 3.57. The fourth-order valence-corrected chi connectivity index (χ4v) is 4.36. The standard InChI is InChI=1S/C20H25NS/c1-2-3-14-21-15-8-11-16-17-9-4-6-12-19(17)22-20-13-7-5-10-18(16)20/h4-7,9-10,12-13,16,21H,2-3,8,11,14-15H2,1H3. The zero-order chi connectivity index (χ0) is 15.2. The van der Waals surface area contributed by atoms with Gasteiger partial charge in [-0.1, -0.05) is 61.5 Å². The molecular weight excluding hydrogens is 286 g/mol. The predicted molar refractivity (Wildman–Crippen MR) is 95.9 cm³/mol. The van der Waals surface area contributed by atoms with Crippen molar-refractivity contribution in [2.45, 2.75) is 48.3 Å². The molecule has 0 amide bonds. The molecule has 0 bridgehead atoms. The van der Waals surface area contributed by atoms with Crippen molar-refractivity contribution in [3.63, 3.8) is 0 Å². The van der Waals surface area contributed by atoms with Gasteiger partial charge in [0.15, 0.2) is 0 Å². The zero-order valence-electron chi connectivity index (χ0n) is 13.3. The molecule has 0 saturated heterocycles. The molecule has 1 aliphatic rings. The summed E-state index contributed by atoms with van der Waals surface area (Å²) in [6.07, 6.45) is 5.02. The van der Waals surface area contributed by atoms with Crippen molar-refractivity contribution < 1.29 is 0 Å². The molecule has 1 aliphatic heterocycles. The third-order valence-corrected chi connectivity index (χ3v) is 5.55. The lowest BCUT2D eigenvalue weighted by atomic mass is 9.87. The summed E-state index contributed by atoms with van der Waals surface area (Å²) < 4.78 is 0. The van der Waals surface area contributed by atoms with E-state index >= 15 is 0 Å². The molecule has 0 atom stereocenters. The van der Waals surface area contributed by atoms with Crippen LogP contribution in [0.1, 0.15) is 49.7 Å². The van der Waals surface area contributed by atoms with Gasteiger partial charge in [0.25, 0.3) is 0 Å². The van der Waals surface area contributed by atoms with Gasteiger partial charge < -0.3 is 5.32 Å². The van der Waals surface area contributed by atoms with Crippen molar-refractivity contribution in [3.05, 3.63) is 59.7 Å². The predicted octanol–water partition coefficient (Wildman–Crippen LogP) is 5.45. The highest BCUT2D eigenvalue weighted by Crippen LogP contribution is 2.47. The molecule has 1 N–H and O–H groups in total. The molecule has 2 aromatic carbocycles. The van der Waals surface area contributed by atoms with Gasteiger partial charge in [0, 0.05) is 15.7 Å². The van der Waals surface area contributed by atoms with E-state index < -0.39 is 0 Å². The minimum Gasteiger partial charge on any atom is -0.317 e. The lowest BCUT2D eigenvalue weighted by molar-refractivity contribution is 0.572. The molecule has 0 saturated carbocycles. The molecule has 0 aromatic heterocycles. The summed E-state index contributed by atoms with van der Waals surface area (Å²) in [5, 5.41) is 3.57. The monoisotopic (exact) mass is 311 g/mol. The quantitative estimate of drug-likeness (QED) is 0.682. The van der Waals surface area contributed by atoms with Crippen molar-refractivity contribution in [2.24, 2.45) is 0 Å². The number of unbranched alkanes of at least 4 members (excludes halogenated alkanes) is 1.